The topological polar surface area (TPSA) is 60.7 Å². The highest BCUT2D eigenvalue weighted by Gasteiger charge is 2.21. The molecule has 0 bridgehead atoms. The quantitative estimate of drug-likeness (QED) is 0.758. The molecule has 3 N–H and O–H groups in total. The van der Waals surface area contributed by atoms with Crippen LogP contribution in [-0.2, 0) is 0 Å². The zero-order chi connectivity index (χ0) is 12.3. The molecule has 0 spiro atoms. The number of aliphatic hydroxyl groups excluding tert-OH is 3. The summed E-state index contributed by atoms with van der Waals surface area (Å²) in [5.74, 6) is -0.667. The largest absolute Gasteiger partial charge is 0.396 e. The van der Waals surface area contributed by atoms with Crippen LogP contribution in [-0.4, -0.2) is 28.0 Å². The summed E-state index contributed by atoms with van der Waals surface area (Å²) in [5.41, 5.74) is 0.608. The Balaban J connectivity index is 2.99. The van der Waals surface area contributed by atoms with Crippen LogP contribution in [0.5, 0.6) is 0 Å². The van der Waals surface area contributed by atoms with Crippen LogP contribution >= 0.6 is 11.6 Å². The maximum Gasteiger partial charge on any atom is 0.130 e. The molecule has 1 aromatic carbocycles. The Morgan fingerprint density at radius 2 is 2.00 bits per heavy atom. The van der Waals surface area contributed by atoms with Crippen LogP contribution in [0.25, 0.3) is 0 Å². The predicted molar refractivity (Wildman–Crippen MR) is 58.8 cm³/mol. The Hall–Kier alpha value is -0.680. The van der Waals surface area contributed by atoms with Crippen LogP contribution in [0.3, 0.4) is 0 Å². The van der Waals surface area contributed by atoms with Crippen molar-refractivity contribution in [2.75, 3.05) is 6.61 Å². The van der Waals surface area contributed by atoms with Gasteiger partial charge in [-0.15, -0.1) is 0 Å². The Bertz CT molecular complexity index is 370. The second kappa shape index (κ2) is 5.59. The highest BCUT2D eigenvalue weighted by atomic mass is 35.5. The van der Waals surface area contributed by atoms with E-state index in [1.807, 2.05) is 0 Å². The van der Waals surface area contributed by atoms with Gasteiger partial charge in [0.2, 0.25) is 0 Å². The monoisotopic (exact) mass is 248 g/mol. The summed E-state index contributed by atoms with van der Waals surface area (Å²) in [6.07, 6.45) is -2.56. The number of halogens is 2. The third-order valence-electron chi connectivity index (χ3n) is 2.39. The van der Waals surface area contributed by atoms with E-state index in [1.165, 1.54) is 6.07 Å². The third kappa shape index (κ3) is 2.92. The number of hydrogen-bond donors (Lipinski definition) is 3. The minimum Gasteiger partial charge on any atom is -0.396 e. The smallest absolute Gasteiger partial charge is 0.130 e. The summed E-state index contributed by atoms with van der Waals surface area (Å²) < 4.78 is 13.5. The van der Waals surface area contributed by atoms with E-state index in [9.17, 15) is 14.6 Å². The number of aryl methyl sites for hydroxylation is 1. The summed E-state index contributed by atoms with van der Waals surface area (Å²) in [5, 5.41) is 28.0. The number of rotatable bonds is 4. The van der Waals surface area contributed by atoms with E-state index in [4.69, 9.17) is 16.7 Å². The first-order valence-corrected chi connectivity index (χ1v) is 5.27. The molecule has 0 aliphatic rings. The van der Waals surface area contributed by atoms with Gasteiger partial charge in [-0.05, 0) is 31.0 Å². The van der Waals surface area contributed by atoms with Crippen molar-refractivity contribution in [1.29, 1.82) is 0 Å². The standard InChI is InChI=1S/C11H14ClFO3/c1-6-4-7(9(13)5-8(6)12)11(16)10(15)2-3-14/h4-5,10-11,14-16H,2-3H2,1H3. The Morgan fingerprint density at radius 1 is 1.38 bits per heavy atom. The first-order chi connectivity index (χ1) is 7.47. The highest BCUT2D eigenvalue weighted by Crippen LogP contribution is 2.26. The van der Waals surface area contributed by atoms with Crippen LogP contribution in [0.1, 0.15) is 23.7 Å². The van der Waals surface area contributed by atoms with Crippen molar-refractivity contribution in [1.82, 2.24) is 0 Å². The molecule has 2 atom stereocenters. The van der Waals surface area contributed by atoms with Crippen LogP contribution in [0.4, 0.5) is 4.39 Å². The molecule has 0 aliphatic heterocycles. The molecule has 5 heteroatoms. The van der Waals surface area contributed by atoms with Crippen molar-refractivity contribution >= 4 is 11.6 Å². The van der Waals surface area contributed by atoms with Gasteiger partial charge in [0.25, 0.3) is 0 Å². The number of hydrogen-bond acceptors (Lipinski definition) is 3. The van der Waals surface area contributed by atoms with Crippen molar-refractivity contribution in [3.63, 3.8) is 0 Å². The molecule has 1 aromatic rings. The highest BCUT2D eigenvalue weighted by molar-refractivity contribution is 6.31. The lowest BCUT2D eigenvalue weighted by Crippen LogP contribution is -2.20. The number of benzene rings is 1. The lowest BCUT2D eigenvalue weighted by Gasteiger charge is -2.18. The molecule has 0 fully saturated rings. The second-order valence-corrected chi connectivity index (χ2v) is 4.05. The average molecular weight is 249 g/mol. The molecule has 0 amide bonds. The first-order valence-electron chi connectivity index (χ1n) is 4.90. The molecule has 1 rings (SSSR count). The lowest BCUT2D eigenvalue weighted by atomic mass is 10.00. The van der Waals surface area contributed by atoms with Gasteiger partial charge in [-0.1, -0.05) is 11.6 Å². The van der Waals surface area contributed by atoms with Gasteiger partial charge < -0.3 is 15.3 Å². The van der Waals surface area contributed by atoms with Gasteiger partial charge in [-0.2, -0.15) is 0 Å². The summed E-state index contributed by atoms with van der Waals surface area (Å²) in [6, 6.07) is 2.49. The van der Waals surface area contributed by atoms with Gasteiger partial charge in [0.1, 0.15) is 11.9 Å². The van der Waals surface area contributed by atoms with Gasteiger partial charge in [0.05, 0.1) is 6.10 Å². The van der Waals surface area contributed by atoms with Crippen LogP contribution in [0.15, 0.2) is 12.1 Å². The molecule has 0 radical (unpaired) electrons. The zero-order valence-electron chi connectivity index (χ0n) is 8.82. The van der Waals surface area contributed by atoms with E-state index in [-0.39, 0.29) is 23.6 Å². The zero-order valence-corrected chi connectivity index (χ0v) is 9.58. The summed E-state index contributed by atoms with van der Waals surface area (Å²) in [7, 11) is 0. The van der Waals surface area contributed by atoms with E-state index >= 15 is 0 Å². The Kier molecular flexibility index (Phi) is 4.68. The fourth-order valence-corrected chi connectivity index (χ4v) is 1.55. The first kappa shape index (κ1) is 13.4. The maximum absolute atomic E-state index is 13.5. The maximum atomic E-state index is 13.5. The van der Waals surface area contributed by atoms with Crippen molar-refractivity contribution in [2.24, 2.45) is 0 Å². The average Bonchev–Trinajstić information content (AvgIpc) is 2.23. The van der Waals surface area contributed by atoms with Crippen LogP contribution < -0.4 is 0 Å². The molecule has 0 heterocycles. The van der Waals surface area contributed by atoms with Crippen molar-refractivity contribution < 1.29 is 19.7 Å². The SMILES string of the molecule is Cc1cc(C(O)C(O)CCO)c(F)cc1Cl. The molecule has 0 saturated carbocycles. The minimum atomic E-state index is -1.36. The van der Waals surface area contributed by atoms with E-state index in [2.05, 4.69) is 0 Å². The van der Waals surface area contributed by atoms with Crippen molar-refractivity contribution in [3.8, 4) is 0 Å². The predicted octanol–water partition coefficient (Wildman–Crippen LogP) is 1.56. The molecule has 0 aliphatic carbocycles. The third-order valence-corrected chi connectivity index (χ3v) is 2.79. The van der Waals surface area contributed by atoms with E-state index < -0.39 is 18.0 Å². The molecular weight excluding hydrogens is 235 g/mol. The van der Waals surface area contributed by atoms with E-state index in [0.29, 0.717) is 5.56 Å². The summed E-state index contributed by atoms with van der Waals surface area (Å²) >= 11 is 5.71. The second-order valence-electron chi connectivity index (χ2n) is 3.65. The minimum absolute atomic E-state index is 0.0112. The van der Waals surface area contributed by atoms with E-state index in [1.54, 1.807) is 6.92 Å². The fourth-order valence-electron chi connectivity index (χ4n) is 1.40. The lowest BCUT2D eigenvalue weighted by molar-refractivity contribution is 0.00234. The molecule has 3 nitrogen and oxygen atoms in total. The summed E-state index contributed by atoms with van der Waals surface area (Å²) in [4.78, 5) is 0. The van der Waals surface area contributed by atoms with Gasteiger partial charge in [-0.3, -0.25) is 0 Å². The van der Waals surface area contributed by atoms with Crippen molar-refractivity contribution in [2.45, 2.75) is 25.6 Å². The van der Waals surface area contributed by atoms with Crippen molar-refractivity contribution in [3.05, 3.63) is 34.1 Å². The van der Waals surface area contributed by atoms with Gasteiger partial charge >= 0.3 is 0 Å². The van der Waals surface area contributed by atoms with Gasteiger partial charge in [-0.25, -0.2) is 4.39 Å². The normalized spacial score (nSPS) is 14.9. The summed E-state index contributed by atoms with van der Waals surface area (Å²) in [6.45, 7) is 1.41. The number of aliphatic hydroxyl groups is 3. The molecule has 0 saturated heterocycles. The van der Waals surface area contributed by atoms with Crippen LogP contribution in [0, 0.1) is 12.7 Å². The Morgan fingerprint density at radius 3 is 2.56 bits per heavy atom. The fraction of sp³-hybridized carbons (Fsp3) is 0.455. The van der Waals surface area contributed by atoms with Gasteiger partial charge in [0, 0.05) is 17.2 Å². The van der Waals surface area contributed by atoms with E-state index in [0.717, 1.165) is 6.07 Å². The molecule has 2 unspecified atom stereocenters. The van der Waals surface area contributed by atoms with Gasteiger partial charge in [0.15, 0.2) is 0 Å². The molecule has 0 aromatic heterocycles. The molecule has 90 valence electrons. The molecule has 16 heavy (non-hydrogen) atoms. The Labute approximate surface area is 98.1 Å². The van der Waals surface area contributed by atoms with Crippen LogP contribution in [0.2, 0.25) is 5.02 Å². The molecular formula is C11H14ClFO3.